The van der Waals surface area contributed by atoms with E-state index in [1.807, 2.05) is 20.8 Å². The van der Waals surface area contributed by atoms with Gasteiger partial charge in [-0.1, -0.05) is 6.92 Å². The van der Waals surface area contributed by atoms with Gasteiger partial charge in [0.1, 0.15) is 10.8 Å². The van der Waals surface area contributed by atoms with E-state index in [9.17, 15) is 4.79 Å². The lowest BCUT2D eigenvalue weighted by molar-refractivity contribution is 0.251. The highest BCUT2D eigenvalue weighted by molar-refractivity contribution is 7.11. The van der Waals surface area contributed by atoms with Crippen molar-refractivity contribution in [1.29, 1.82) is 0 Å². The van der Waals surface area contributed by atoms with Gasteiger partial charge in [0.15, 0.2) is 0 Å². The first-order chi connectivity index (χ1) is 9.49. The van der Waals surface area contributed by atoms with E-state index in [2.05, 4.69) is 25.7 Å². The van der Waals surface area contributed by atoms with Crippen LogP contribution in [0.15, 0.2) is 0 Å². The summed E-state index contributed by atoms with van der Waals surface area (Å²) in [4.78, 5) is 21.5. The van der Waals surface area contributed by atoms with Gasteiger partial charge in [0.25, 0.3) is 0 Å². The maximum absolute atomic E-state index is 11.8. The number of rotatable bonds is 4. The molecule has 0 aliphatic carbocycles. The molecule has 2 amide bonds. The number of anilines is 1. The van der Waals surface area contributed by atoms with Crippen LogP contribution in [0.1, 0.15) is 28.3 Å². The highest BCUT2D eigenvalue weighted by Crippen LogP contribution is 2.15. The molecule has 2 heterocycles. The third kappa shape index (κ3) is 3.32. The molecule has 0 unspecified atom stereocenters. The number of nitrogens with one attached hydrogen (secondary N) is 2. The van der Waals surface area contributed by atoms with Crippen molar-refractivity contribution in [3.63, 3.8) is 0 Å². The summed E-state index contributed by atoms with van der Waals surface area (Å²) in [5.74, 6) is 1.14. The molecule has 0 aromatic carbocycles. The third-order valence-electron chi connectivity index (χ3n) is 2.87. The molecule has 0 aliphatic rings. The van der Waals surface area contributed by atoms with E-state index < -0.39 is 0 Å². The number of aromatic nitrogens is 4. The topological polar surface area (TPSA) is 84.7 Å². The first-order valence-corrected chi connectivity index (χ1v) is 7.19. The molecule has 0 radical (unpaired) electrons. The van der Waals surface area contributed by atoms with Crippen LogP contribution in [0.5, 0.6) is 0 Å². The summed E-state index contributed by atoms with van der Waals surface area (Å²) < 4.78 is 1.66. The molecule has 0 aliphatic heterocycles. The van der Waals surface area contributed by atoms with Crippen molar-refractivity contribution in [2.75, 3.05) is 5.32 Å². The van der Waals surface area contributed by atoms with Crippen LogP contribution in [0, 0.1) is 13.8 Å². The van der Waals surface area contributed by atoms with E-state index in [4.69, 9.17) is 0 Å². The largest absolute Gasteiger partial charge is 0.331 e. The normalized spacial score (nSPS) is 10.6. The van der Waals surface area contributed by atoms with Gasteiger partial charge >= 0.3 is 6.03 Å². The van der Waals surface area contributed by atoms with Crippen molar-refractivity contribution < 1.29 is 4.79 Å². The van der Waals surface area contributed by atoms with Crippen LogP contribution in [0.25, 0.3) is 0 Å². The van der Waals surface area contributed by atoms with Gasteiger partial charge in [-0.15, -0.1) is 16.4 Å². The van der Waals surface area contributed by atoms with E-state index in [-0.39, 0.29) is 6.03 Å². The fourth-order valence-electron chi connectivity index (χ4n) is 1.69. The average molecular weight is 294 g/mol. The Bertz CT molecular complexity index is 598. The van der Waals surface area contributed by atoms with E-state index >= 15 is 0 Å². The molecule has 2 N–H and O–H groups in total. The molecular weight excluding hydrogens is 276 g/mol. The lowest BCUT2D eigenvalue weighted by Gasteiger charge is -2.02. The van der Waals surface area contributed by atoms with Crippen molar-refractivity contribution in [2.45, 2.75) is 33.7 Å². The molecule has 7 nitrogen and oxygen atoms in total. The molecule has 0 bridgehead atoms. The van der Waals surface area contributed by atoms with Crippen LogP contribution in [0.2, 0.25) is 0 Å². The molecule has 20 heavy (non-hydrogen) atoms. The molecule has 108 valence electrons. The van der Waals surface area contributed by atoms with Crippen LogP contribution >= 0.6 is 11.3 Å². The Morgan fingerprint density at radius 3 is 2.65 bits per heavy atom. The number of thiazole rings is 1. The Balaban J connectivity index is 1.88. The van der Waals surface area contributed by atoms with Crippen molar-refractivity contribution in [2.24, 2.45) is 7.05 Å². The second-order valence-electron chi connectivity index (χ2n) is 4.39. The number of amides is 2. The predicted molar refractivity (Wildman–Crippen MR) is 77.8 cm³/mol. The van der Waals surface area contributed by atoms with Gasteiger partial charge < -0.3 is 5.32 Å². The molecule has 0 saturated carbocycles. The van der Waals surface area contributed by atoms with E-state index in [1.165, 1.54) is 4.88 Å². The maximum atomic E-state index is 11.8. The lowest BCUT2D eigenvalue weighted by atomic mass is 10.4. The molecule has 0 fully saturated rings. The molecule has 8 heteroatoms. The summed E-state index contributed by atoms with van der Waals surface area (Å²) in [7, 11) is 1.80. The van der Waals surface area contributed by atoms with Crippen LogP contribution < -0.4 is 10.6 Å². The monoisotopic (exact) mass is 294 g/mol. The number of carbonyl (C=O) groups is 1. The average Bonchev–Trinajstić information content (AvgIpc) is 2.90. The van der Waals surface area contributed by atoms with Gasteiger partial charge in [-0.25, -0.2) is 9.78 Å². The van der Waals surface area contributed by atoms with Gasteiger partial charge in [-0.3, -0.25) is 10.00 Å². The Morgan fingerprint density at radius 2 is 2.10 bits per heavy atom. The molecule has 2 aromatic rings. The molecule has 0 spiro atoms. The lowest BCUT2D eigenvalue weighted by Crippen LogP contribution is -2.28. The summed E-state index contributed by atoms with van der Waals surface area (Å²) >= 11 is 1.58. The Hall–Kier alpha value is -1.96. The number of aryl methyl sites for hydroxylation is 4. The first-order valence-electron chi connectivity index (χ1n) is 6.37. The number of hydrogen-bond donors (Lipinski definition) is 2. The minimum Gasteiger partial charge on any atom is -0.331 e. The smallest absolute Gasteiger partial charge is 0.322 e. The highest BCUT2D eigenvalue weighted by Gasteiger charge is 2.10. The SMILES string of the molecule is CCc1nc(NC(=O)NCc2nc(C)c(C)s2)nn1C. The Kier molecular flexibility index (Phi) is 4.33. The van der Waals surface area contributed by atoms with Gasteiger partial charge in [-0.2, -0.15) is 4.98 Å². The molecule has 2 rings (SSSR count). The van der Waals surface area contributed by atoms with E-state index in [1.54, 1.807) is 23.1 Å². The van der Waals surface area contributed by atoms with Crippen molar-refractivity contribution in [3.05, 3.63) is 21.4 Å². The van der Waals surface area contributed by atoms with Crippen LogP contribution in [0.3, 0.4) is 0 Å². The minimum absolute atomic E-state index is 0.313. The zero-order valence-corrected chi connectivity index (χ0v) is 12.8. The quantitative estimate of drug-likeness (QED) is 0.900. The fourth-order valence-corrected chi connectivity index (χ4v) is 2.57. The molecule has 0 atom stereocenters. The fraction of sp³-hybridized carbons (Fsp3) is 0.500. The summed E-state index contributed by atoms with van der Waals surface area (Å²) in [6, 6.07) is -0.330. The Labute approximate surface area is 121 Å². The number of nitrogens with zero attached hydrogens (tertiary/aromatic N) is 4. The van der Waals surface area contributed by atoms with Crippen LogP contribution in [-0.2, 0) is 20.0 Å². The summed E-state index contributed by atoms with van der Waals surface area (Å²) in [5.41, 5.74) is 1.01. The highest BCUT2D eigenvalue weighted by atomic mass is 32.1. The van der Waals surface area contributed by atoms with Crippen molar-refractivity contribution in [3.8, 4) is 0 Å². The zero-order valence-electron chi connectivity index (χ0n) is 12.0. The third-order valence-corrected chi connectivity index (χ3v) is 3.94. The molecule has 2 aromatic heterocycles. The predicted octanol–water partition coefficient (Wildman–Crippen LogP) is 1.77. The van der Waals surface area contributed by atoms with Crippen molar-refractivity contribution in [1.82, 2.24) is 25.1 Å². The summed E-state index contributed by atoms with van der Waals surface area (Å²) in [6.45, 7) is 6.36. The number of hydrogen-bond acceptors (Lipinski definition) is 5. The Morgan fingerprint density at radius 1 is 1.35 bits per heavy atom. The van der Waals surface area contributed by atoms with Crippen LogP contribution in [-0.4, -0.2) is 25.8 Å². The summed E-state index contributed by atoms with van der Waals surface area (Å²) in [6.07, 6.45) is 0.768. The van der Waals surface area contributed by atoms with E-state index in [0.29, 0.717) is 12.5 Å². The standard InChI is InChI=1S/C12H18N6OS/c1-5-9-15-11(17-18(9)4)16-12(19)13-6-10-14-7(2)8(3)20-10/h5-6H2,1-4H3,(H2,13,16,17,19). The zero-order chi connectivity index (χ0) is 14.7. The van der Waals surface area contributed by atoms with Gasteiger partial charge in [0.2, 0.25) is 5.95 Å². The number of carbonyl (C=O) groups excluding carboxylic acids is 1. The van der Waals surface area contributed by atoms with Gasteiger partial charge in [0, 0.05) is 18.3 Å². The van der Waals surface area contributed by atoms with Gasteiger partial charge in [-0.05, 0) is 13.8 Å². The molecular formula is C12H18N6OS. The van der Waals surface area contributed by atoms with Gasteiger partial charge in [0.05, 0.1) is 12.2 Å². The number of urea groups is 1. The maximum Gasteiger partial charge on any atom is 0.322 e. The van der Waals surface area contributed by atoms with E-state index in [0.717, 1.165) is 22.9 Å². The van der Waals surface area contributed by atoms with Crippen molar-refractivity contribution >= 4 is 23.3 Å². The molecule has 0 saturated heterocycles. The first kappa shape index (κ1) is 14.4. The second-order valence-corrected chi connectivity index (χ2v) is 5.67. The van der Waals surface area contributed by atoms with Crippen LogP contribution in [0.4, 0.5) is 10.7 Å². The minimum atomic E-state index is -0.330. The summed E-state index contributed by atoms with van der Waals surface area (Å²) in [5, 5.41) is 10.4. The second kappa shape index (κ2) is 6.00.